The molecule has 1 rings (SSSR count). The first kappa shape index (κ1) is 16.4. The Morgan fingerprint density at radius 1 is 1.35 bits per heavy atom. The standard InChI is InChI=1S/C14H21FN2O3/c1-10(2)20-8-7-19-6-5-14(18)17-13-4-3-11(15)9-12(13)16/h3-4,9-10H,5-8,16H2,1-2H3,(H,17,18). The van der Waals surface area contributed by atoms with E-state index in [0.29, 0.717) is 25.5 Å². The van der Waals surface area contributed by atoms with Gasteiger partial charge in [-0.3, -0.25) is 4.79 Å². The molecule has 1 amide bonds. The topological polar surface area (TPSA) is 73.6 Å². The van der Waals surface area contributed by atoms with Crippen molar-refractivity contribution < 1.29 is 18.7 Å². The number of hydrogen-bond donors (Lipinski definition) is 2. The number of nitrogen functional groups attached to an aromatic ring is 1. The van der Waals surface area contributed by atoms with Gasteiger partial charge in [0.05, 0.1) is 43.7 Å². The Kier molecular flexibility index (Phi) is 6.97. The lowest BCUT2D eigenvalue weighted by Gasteiger charge is -2.09. The van der Waals surface area contributed by atoms with Crippen LogP contribution in [-0.4, -0.2) is 31.8 Å². The predicted molar refractivity (Wildman–Crippen MR) is 76.0 cm³/mol. The molecule has 0 saturated carbocycles. The average molecular weight is 284 g/mol. The zero-order valence-corrected chi connectivity index (χ0v) is 11.8. The molecule has 0 heterocycles. The zero-order valence-electron chi connectivity index (χ0n) is 11.8. The number of nitrogens with one attached hydrogen (secondary N) is 1. The predicted octanol–water partition coefficient (Wildman–Crippen LogP) is 2.18. The molecule has 0 saturated heterocycles. The quantitative estimate of drug-likeness (QED) is 0.567. The second-order valence-electron chi connectivity index (χ2n) is 4.56. The van der Waals surface area contributed by atoms with Crippen LogP contribution < -0.4 is 11.1 Å². The molecule has 0 aliphatic rings. The number of nitrogens with two attached hydrogens (primary N) is 1. The monoisotopic (exact) mass is 284 g/mol. The van der Waals surface area contributed by atoms with Crippen LogP contribution in [-0.2, 0) is 14.3 Å². The highest BCUT2D eigenvalue weighted by atomic mass is 19.1. The third-order valence-corrected chi connectivity index (χ3v) is 2.44. The van der Waals surface area contributed by atoms with Crippen molar-refractivity contribution >= 4 is 17.3 Å². The minimum absolute atomic E-state index is 0.170. The highest BCUT2D eigenvalue weighted by Gasteiger charge is 2.06. The summed E-state index contributed by atoms with van der Waals surface area (Å²) in [5.74, 6) is -0.665. The molecule has 0 aliphatic heterocycles. The lowest BCUT2D eigenvalue weighted by Crippen LogP contribution is -2.16. The smallest absolute Gasteiger partial charge is 0.226 e. The number of halogens is 1. The molecule has 0 aromatic heterocycles. The van der Waals surface area contributed by atoms with Gasteiger partial charge in [-0.05, 0) is 32.0 Å². The average Bonchev–Trinajstić information content (AvgIpc) is 2.36. The van der Waals surface area contributed by atoms with Gasteiger partial charge >= 0.3 is 0 Å². The van der Waals surface area contributed by atoms with Gasteiger partial charge < -0.3 is 20.5 Å². The highest BCUT2D eigenvalue weighted by Crippen LogP contribution is 2.19. The van der Waals surface area contributed by atoms with Crippen molar-refractivity contribution in [3.8, 4) is 0 Å². The van der Waals surface area contributed by atoms with Gasteiger partial charge in [-0.2, -0.15) is 0 Å². The maximum absolute atomic E-state index is 12.8. The van der Waals surface area contributed by atoms with E-state index in [4.69, 9.17) is 15.2 Å². The summed E-state index contributed by atoms with van der Waals surface area (Å²) >= 11 is 0. The molecule has 0 aliphatic carbocycles. The van der Waals surface area contributed by atoms with Crippen molar-refractivity contribution in [1.82, 2.24) is 0 Å². The number of rotatable bonds is 8. The Labute approximate surface area is 118 Å². The first-order valence-electron chi connectivity index (χ1n) is 6.53. The maximum atomic E-state index is 12.8. The summed E-state index contributed by atoms with van der Waals surface area (Å²) in [7, 11) is 0. The summed E-state index contributed by atoms with van der Waals surface area (Å²) in [6.07, 6.45) is 0.377. The van der Waals surface area contributed by atoms with Crippen molar-refractivity contribution in [1.29, 1.82) is 0 Å². The lowest BCUT2D eigenvalue weighted by atomic mass is 10.2. The van der Waals surface area contributed by atoms with E-state index >= 15 is 0 Å². The van der Waals surface area contributed by atoms with Crippen LogP contribution in [0.5, 0.6) is 0 Å². The van der Waals surface area contributed by atoms with Gasteiger partial charge in [0.1, 0.15) is 5.82 Å². The van der Waals surface area contributed by atoms with Gasteiger partial charge in [0.2, 0.25) is 5.91 Å². The number of benzene rings is 1. The third-order valence-electron chi connectivity index (χ3n) is 2.44. The fourth-order valence-electron chi connectivity index (χ4n) is 1.47. The molecule has 5 nitrogen and oxygen atoms in total. The SMILES string of the molecule is CC(C)OCCOCCC(=O)Nc1ccc(F)cc1N. The Bertz CT molecular complexity index is 438. The second-order valence-corrected chi connectivity index (χ2v) is 4.56. The third kappa shape index (κ3) is 6.49. The van der Waals surface area contributed by atoms with Crippen LogP contribution in [0.3, 0.4) is 0 Å². The van der Waals surface area contributed by atoms with E-state index in [1.807, 2.05) is 13.8 Å². The molecular formula is C14H21FN2O3. The summed E-state index contributed by atoms with van der Waals surface area (Å²) in [5, 5.41) is 2.60. The molecular weight excluding hydrogens is 263 g/mol. The molecule has 3 N–H and O–H groups in total. The van der Waals surface area contributed by atoms with Gasteiger partial charge in [0, 0.05) is 0 Å². The molecule has 20 heavy (non-hydrogen) atoms. The van der Waals surface area contributed by atoms with Crippen LogP contribution in [0.2, 0.25) is 0 Å². The summed E-state index contributed by atoms with van der Waals surface area (Å²) in [6, 6.07) is 3.83. The minimum atomic E-state index is -0.436. The molecule has 0 atom stereocenters. The van der Waals surface area contributed by atoms with Crippen LogP contribution >= 0.6 is 0 Å². The molecule has 0 unspecified atom stereocenters. The van der Waals surface area contributed by atoms with Crippen LogP contribution in [0.4, 0.5) is 15.8 Å². The number of amides is 1. The van der Waals surface area contributed by atoms with Crippen molar-refractivity contribution in [2.75, 3.05) is 30.9 Å². The lowest BCUT2D eigenvalue weighted by molar-refractivity contribution is -0.117. The van der Waals surface area contributed by atoms with Crippen molar-refractivity contribution in [3.63, 3.8) is 0 Å². The van der Waals surface area contributed by atoms with E-state index in [9.17, 15) is 9.18 Å². The minimum Gasteiger partial charge on any atom is -0.397 e. The zero-order chi connectivity index (χ0) is 15.0. The second kappa shape index (κ2) is 8.50. The molecule has 0 radical (unpaired) electrons. The van der Waals surface area contributed by atoms with E-state index in [0.717, 1.165) is 6.07 Å². The number of carbonyl (C=O) groups excluding carboxylic acids is 1. The summed E-state index contributed by atoms with van der Waals surface area (Å²) < 4.78 is 23.4. The fraction of sp³-hybridized carbons (Fsp3) is 0.500. The summed E-state index contributed by atoms with van der Waals surface area (Å²) in [5.41, 5.74) is 6.19. The Balaban J connectivity index is 2.20. The first-order valence-corrected chi connectivity index (χ1v) is 6.53. The van der Waals surface area contributed by atoms with Crippen LogP contribution in [0.15, 0.2) is 18.2 Å². The van der Waals surface area contributed by atoms with Gasteiger partial charge in [-0.15, -0.1) is 0 Å². The molecule has 1 aromatic rings. The van der Waals surface area contributed by atoms with E-state index < -0.39 is 5.82 Å². The maximum Gasteiger partial charge on any atom is 0.226 e. The van der Waals surface area contributed by atoms with E-state index in [1.165, 1.54) is 12.1 Å². The molecule has 6 heteroatoms. The Hall–Kier alpha value is -1.66. The number of anilines is 2. The van der Waals surface area contributed by atoms with E-state index in [-0.39, 0.29) is 24.1 Å². The Morgan fingerprint density at radius 2 is 2.10 bits per heavy atom. The van der Waals surface area contributed by atoms with Crippen LogP contribution in [0, 0.1) is 5.82 Å². The van der Waals surface area contributed by atoms with Gasteiger partial charge in [-0.1, -0.05) is 0 Å². The highest BCUT2D eigenvalue weighted by molar-refractivity contribution is 5.93. The summed E-state index contributed by atoms with van der Waals surface area (Å²) in [4.78, 5) is 11.6. The Morgan fingerprint density at radius 3 is 2.75 bits per heavy atom. The van der Waals surface area contributed by atoms with Crippen LogP contribution in [0.25, 0.3) is 0 Å². The largest absolute Gasteiger partial charge is 0.397 e. The van der Waals surface area contributed by atoms with E-state index in [2.05, 4.69) is 5.32 Å². The van der Waals surface area contributed by atoms with Crippen LogP contribution in [0.1, 0.15) is 20.3 Å². The van der Waals surface area contributed by atoms with E-state index in [1.54, 1.807) is 0 Å². The fourth-order valence-corrected chi connectivity index (χ4v) is 1.47. The molecule has 1 aromatic carbocycles. The first-order chi connectivity index (χ1) is 9.49. The molecule has 112 valence electrons. The number of ether oxygens (including phenoxy) is 2. The normalized spacial score (nSPS) is 10.8. The number of hydrogen-bond acceptors (Lipinski definition) is 4. The van der Waals surface area contributed by atoms with Crippen molar-refractivity contribution in [2.45, 2.75) is 26.4 Å². The molecule has 0 bridgehead atoms. The van der Waals surface area contributed by atoms with Crippen molar-refractivity contribution in [2.24, 2.45) is 0 Å². The van der Waals surface area contributed by atoms with Gasteiger partial charge in [-0.25, -0.2) is 4.39 Å². The van der Waals surface area contributed by atoms with Gasteiger partial charge in [0.25, 0.3) is 0 Å². The molecule has 0 spiro atoms. The molecule has 0 fully saturated rings. The number of carbonyl (C=O) groups is 1. The van der Waals surface area contributed by atoms with Gasteiger partial charge in [0.15, 0.2) is 0 Å². The summed E-state index contributed by atoms with van der Waals surface area (Å²) in [6.45, 7) is 5.14. The van der Waals surface area contributed by atoms with Crippen molar-refractivity contribution in [3.05, 3.63) is 24.0 Å².